The van der Waals surface area contributed by atoms with Gasteiger partial charge in [-0.3, -0.25) is 19.4 Å². The first-order valence-corrected chi connectivity index (χ1v) is 7.87. The van der Waals surface area contributed by atoms with Gasteiger partial charge < -0.3 is 14.8 Å². The van der Waals surface area contributed by atoms with E-state index in [0.29, 0.717) is 6.54 Å². The molecule has 3 rings (SSSR count). The Balaban J connectivity index is 1.83. The fraction of sp³-hybridized carbons (Fsp3) is 0.294. The van der Waals surface area contributed by atoms with Crippen LogP contribution < -0.4 is 16.1 Å². The van der Waals surface area contributed by atoms with Crippen molar-refractivity contribution >= 4 is 17.5 Å². The first kappa shape index (κ1) is 16.7. The Morgan fingerprint density at radius 1 is 1.12 bits per heavy atom. The van der Waals surface area contributed by atoms with Crippen molar-refractivity contribution in [2.75, 3.05) is 18.0 Å². The summed E-state index contributed by atoms with van der Waals surface area (Å²) in [4.78, 5) is 55.1. The van der Waals surface area contributed by atoms with Gasteiger partial charge in [0.25, 0.3) is 11.5 Å². The average Bonchev–Trinajstić information content (AvgIpc) is 2.56. The predicted molar refractivity (Wildman–Crippen MR) is 91.7 cm³/mol. The maximum atomic E-state index is 12.6. The first-order valence-electron chi connectivity index (χ1n) is 7.87. The zero-order valence-corrected chi connectivity index (χ0v) is 13.9. The topological polar surface area (TPSA) is 106 Å². The summed E-state index contributed by atoms with van der Waals surface area (Å²) in [5, 5.41) is 0. The lowest BCUT2D eigenvalue weighted by Gasteiger charge is -2.39. The van der Waals surface area contributed by atoms with E-state index in [4.69, 9.17) is 0 Å². The van der Waals surface area contributed by atoms with Gasteiger partial charge in [0.15, 0.2) is 0 Å². The van der Waals surface area contributed by atoms with E-state index in [1.807, 2.05) is 43.1 Å². The quantitative estimate of drug-likeness (QED) is 0.816. The Kier molecular flexibility index (Phi) is 4.26. The predicted octanol–water partition coefficient (Wildman–Crippen LogP) is 0.249. The summed E-state index contributed by atoms with van der Waals surface area (Å²) >= 11 is 0. The molecule has 1 saturated heterocycles. The Morgan fingerprint density at radius 3 is 2.44 bits per heavy atom. The van der Waals surface area contributed by atoms with Gasteiger partial charge in [0, 0.05) is 24.3 Å². The number of H-pyrrole nitrogens is 2. The summed E-state index contributed by atoms with van der Waals surface area (Å²) in [5.41, 5.74) is 0.324. The second kappa shape index (κ2) is 6.39. The van der Waals surface area contributed by atoms with Crippen molar-refractivity contribution in [3.63, 3.8) is 0 Å². The second-order valence-electron chi connectivity index (χ2n) is 6.12. The molecule has 1 aromatic carbocycles. The SMILES string of the molecule is Cc1ccc(N2C[C@@H](C)N(C(=O)c3cc(=O)[nH]c(=O)[nH]3)CC2=O)cc1. The minimum atomic E-state index is -0.756. The first-order chi connectivity index (χ1) is 11.8. The highest BCUT2D eigenvalue weighted by molar-refractivity contribution is 6.01. The maximum Gasteiger partial charge on any atom is 0.326 e. The number of carbonyl (C=O) groups is 2. The van der Waals surface area contributed by atoms with Crippen molar-refractivity contribution in [1.82, 2.24) is 14.9 Å². The van der Waals surface area contributed by atoms with Gasteiger partial charge in [-0.15, -0.1) is 0 Å². The van der Waals surface area contributed by atoms with E-state index in [9.17, 15) is 19.2 Å². The van der Waals surface area contributed by atoms with Crippen LogP contribution in [0.2, 0.25) is 0 Å². The highest BCUT2D eigenvalue weighted by atomic mass is 16.2. The van der Waals surface area contributed by atoms with Crippen LogP contribution in [0.25, 0.3) is 0 Å². The van der Waals surface area contributed by atoms with E-state index in [0.717, 1.165) is 17.3 Å². The largest absolute Gasteiger partial charge is 0.326 e. The molecular formula is C17H18N4O4. The van der Waals surface area contributed by atoms with Crippen LogP contribution in [-0.2, 0) is 4.79 Å². The summed E-state index contributed by atoms with van der Waals surface area (Å²) in [6, 6.07) is 8.33. The van der Waals surface area contributed by atoms with E-state index in [1.165, 1.54) is 4.90 Å². The third-order valence-corrected chi connectivity index (χ3v) is 4.18. The molecule has 1 fully saturated rings. The molecule has 0 aliphatic carbocycles. The number of hydrogen-bond acceptors (Lipinski definition) is 4. The van der Waals surface area contributed by atoms with Gasteiger partial charge in [-0.2, -0.15) is 0 Å². The fourth-order valence-corrected chi connectivity index (χ4v) is 2.84. The molecular weight excluding hydrogens is 324 g/mol. The minimum absolute atomic E-state index is 0.122. The van der Waals surface area contributed by atoms with Gasteiger partial charge in [0.05, 0.1) is 0 Å². The molecule has 25 heavy (non-hydrogen) atoms. The number of piperazine rings is 1. The van der Waals surface area contributed by atoms with Crippen molar-refractivity contribution in [2.45, 2.75) is 19.9 Å². The van der Waals surface area contributed by atoms with E-state index in [1.54, 1.807) is 4.90 Å². The number of carbonyl (C=O) groups excluding carboxylic acids is 2. The number of nitrogens with zero attached hydrogens (tertiary/aromatic N) is 2. The van der Waals surface area contributed by atoms with Crippen LogP contribution in [-0.4, -0.2) is 45.8 Å². The highest BCUT2D eigenvalue weighted by Gasteiger charge is 2.34. The monoisotopic (exact) mass is 342 g/mol. The average molecular weight is 342 g/mol. The molecule has 0 spiro atoms. The Labute approximate surface area is 143 Å². The molecule has 8 nitrogen and oxygen atoms in total. The molecule has 1 atom stereocenters. The van der Waals surface area contributed by atoms with Crippen LogP contribution in [0.3, 0.4) is 0 Å². The van der Waals surface area contributed by atoms with Gasteiger partial charge in [0.1, 0.15) is 12.2 Å². The lowest BCUT2D eigenvalue weighted by Crippen LogP contribution is -2.57. The van der Waals surface area contributed by atoms with Gasteiger partial charge in [-0.1, -0.05) is 17.7 Å². The minimum Gasteiger partial charge on any atom is -0.324 e. The van der Waals surface area contributed by atoms with Crippen LogP contribution in [0.1, 0.15) is 23.0 Å². The van der Waals surface area contributed by atoms with E-state index in [2.05, 4.69) is 4.98 Å². The number of anilines is 1. The molecule has 0 unspecified atom stereocenters. The molecule has 1 aliphatic rings. The van der Waals surface area contributed by atoms with Crippen LogP contribution >= 0.6 is 0 Å². The molecule has 0 radical (unpaired) electrons. The standard InChI is InChI=1S/C17H18N4O4/c1-10-3-5-12(6-4-10)21-8-11(2)20(9-15(21)23)16(24)13-7-14(22)19-17(25)18-13/h3-7,11H,8-9H2,1-2H3,(H2,18,19,22,25)/t11-/m1/s1. The van der Waals surface area contributed by atoms with Gasteiger partial charge in [0.2, 0.25) is 5.91 Å². The zero-order chi connectivity index (χ0) is 18.1. The molecule has 8 heteroatoms. The highest BCUT2D eigenvalue weighted by Crippen LogP contribution is 2.21. The number of nitrogens with one attached hydrogen (secondary N) is 2. The summed E-state index contributed by atoms with van der Waals surface area (Å²) in [6.45, 7) is 3.99. The number of aryl methyl sites for hydroxylation is 1. The van der Waals surface area contributed by atoms with Crippen LogP contribution in [0, 0.1) is 6.92 Å². The molecule has 1 aliphatic heterocycles. The molecule has 2 amide bonds. The Morgan fingerprint density at radius 2 is 1.80 bits per heavy atom. The maximum absolute atomic E-state index is 12.6. The van der Waals surface area contributed by atoms with Crippen molar-refractivity contribution in [2.24, 2.45) is 0 Å². The molecule has 2 N–H and O–H groups in total. The van der Waals surface area contributed by atoms with Crippen molar-refractivity contribution in [3.8, 4) is 0 Å². The van der Waals surface area contributed by atoms with Crippen LogP contribution in [0.15, 0.2) is 39.9 Å². The normalized spacial score (nSPS) is 17.7. The summed E-state index contributed by atoms with van der Waals surface area (Å²) in [6.07, 6.45) is 0. The van der Waals surface area contributed by atoms with Gasteiger partial charge in [-0.05, 0) is 26.0 Å². The molecule has 130 valence electrons. The van der Waals surface area contributed by atoms with Crippen molar-refractivity contribution in [3.05, 3.63) is 62.4 Å². The Bertz CT molecular complexity index is 900. The molecule has 0 bridgehead atoms. The number of benzene rings is 1. The van der Waals surface area contributed by atoms with Crippen molar-refractivity contribution in [1.29, 1.82) is 0 Å². The summed E-state index contributed by atoms with van der Waals surface area (Å²) < 4.78 is 0. The van der Waals surface area contributed by atoms with Crippen LogP contribution in [0.4, 0.5) is 5.69 Å². The lowest BCUT2D eigenvalue weighted by atomic mass is 10.1. The third kappa shape index (κ3) is 3.37. The zero-order valence-electron chi connectivity index (χ0n) is 13.9. The van der Waals surface area contributed by atoms with E-state index >= 15 is 0 Å². The van der Waals surface area contributed by atoms with Gasteiger partial charge >= 0.3 is 5.69 Å². The lowest BCUT2D eigenvalue weighted by molar-refractivity contribution is -0.121. The number of amides is 2. The number of rotatable bonds is 2. The number of aromatic nitrogens is 2. The second-order valence-corrected chi connectivity index (χ2v) is 6.12. The van der Waals surface area contributed by atoms with Crippen molar-refractivity contribution < 1.29 is 9.59 Å². The number of hydrogen-bond donors (Lipinski definition) is 2. The van der Waals surface area contributed by atoms with Gasteiger partial charge in [-0.25, -0.2) is 4.79 Å². The number of aromatic amines is 2. The molecule has 2 aromatic rings. The van der Waals surface area contributed by atoms with Crippen LogP contribution in [0.5, 0.6) is 0 Å². The van der Waals surface area contributed by atoms with E-state index < -0.39 is 17.2 Å². The molecule has 2 heterocycles. The fourth-order valence-electron chi connectivity index (χ4n) is 2.84. The smallest absolute Gasteiger partial charge is 0.324 e. The molecule has 1 aromatic heterocycles. The Hall–Kier alpha value is -3.16. The summed E-state index contributed by atoms with van der Waals surface area (Å²) in [5.74, 6) is -0.768. The third-order valence-electron chi connectivity index (χ3n) is 4.18. The summed E-state index contributed by atoms with van der Waals surface area (Å²) in [7, 11) is 0. The van der Waals surface area contributed by atoms with E-state index in [-0.39, 0.29) is 24.2 Å². The molecule has 0 saturated carbocycles.